The third-order valence-corrected chi connectivity index (χ3v) is 6.97. The van der Waals surface area contributed by atoms with Gasteiger partial charge in [0.1, 0.15) is 5.75 Å². The summed E-state index contributed by atoms with van der Waals surface area (Å²) in [5.41, 5.74) is 4.96. The lowest BCUT2D eigenvalue weighted by Gasteiger charge is -2.14. The summed E-state index contributed by atoms with van der Waals surface area (Å²) in [7, 11) is -4.71. The van der Waals surface area contributed by atoms with E-state index in [0.29, 0.717) is 17.3 Å². The van der Waals surface area contributed by atoms with Crippen LogP contribution in [0, 0.1) is 34.1 Å². The van der Waals surface area contributed by atoms with Crippen molar-refractivity contribution < 1.29 is 22.4 Å². The lowest BCUT2D eigenvalue weighted by atomic mass is 9.96. The first-order valence-electron chi connectivity index (χ1n) is 11.0. The Morgan fingerprint density at radius 3 is 2.27 bits per heavy atom. The van der Waals surface area contributed by atoms with Crippen LogP contribution in [0.25, 0.3) is 5.57 Å². The number of nitrogens with one attached hydrogen (secondary N) is 1. The van der Waals surface area contributed by atoms with Gasteiger partial charge in [-0.05, 0) is 74.7 Å². The Bertz CT molecular complexity index is 1660. The lowest BCUT2D eigenvalue weighted by Crippen LogP contribution is -2.12. The molecule has 11 nitrogen and oxygen atoms in total. The van der Waals surface area contributed by atoms with Gasteiger partial charge in [0.15, 0.2) is 4.90 Å². The first-order chi connectivity index (χ1) is 17.4. The molecule has 12 heteroatoms. The van der Waals surface area contributed by atoms with Gasteiger partial charge in [-0.2, -0.15) is 8.42 Å². The zero-order valence-corrected chi connectivity index (χ0v) is 21.1. The SMILES string of the molecule is CC1=CC(C)=N/C1=C(/c1cccc(OS(=O)(=O)c2ccc([N+](=O)[O-])cc2[N+](=O)[O-])c1)c1[nH]c(C)cc1C. The van der Waals surface area contributed by atoms with E-state index in [0.717, 1.165) is 45.9 Å². The summed E-state index contributed by atoms with van der Waals surface area (Å²) in [6.07, 6.45) is 1.94. The predicted molar refractivity (Wildman–Crippen MR) is 137 cm³/mol. The van der Waals surface area contributed by atoms with E-state index in [2.05, 4.69) is 9.98 Å². The zero-order chi connectivity index (χ0) is 27.1. The maximum Gasteiger partial charge on any atom is 0.346 e. The number of hydrogen-bond acceptors (Lipinski definition) is 8. The van der Waals surface area contributed by atoms with Crippen molar-refractivity contribution in [2.75, 3.05) is 0 Å². The van der Waals surface area contributed by atoms with Gasteiger partial charge in [-0.15, -0.1) is 0 Å². The van der Waals surface area contributed by atoms with Crippen molar-refractivity contribution in [3.05, 3.63) is 109 Å². The first-order valence-corrected chi connectivity index (χ1v) is 12.4. The lowest BCUT2D eigenvalue weighted by molar-refractivity contribution is -0.396. The average molecular weight is 523 g/mol. The van der Waals surface area contributed by atoms with Crippen LogP contribution in [0.15, 0.2) is 75.8 Å². The molecule has 3 aromatic rings. The Hall–Kier alpha value is -4.58. The molecular weight excluding hydrogens is 500 g/mol. The summed E-state index contributed by atoms with van der Waals surface area (Å²) >= 11 is 0. The molecule has 1 N–H and O–H groups in total. The minimum atomic E-state index is -4.71. The van der Waals surface area contributed by atoms with Crippen LogP contribution in [0.3, 0.4) is 0 Å². The molecule has 0 amide bonds. The quantitative estimate of drug-likeness (QED) is 0.247. The molecule has 1 aromatic heterocycles. The van der Waals surface area contributed by atoms with Gasteiger partial charge in [-0.1, -0.05) is 12.1 Å². The fourth-order valence-electron chi connectivity index (χ4n) is 4.17. The minimum absolute atomic E-state index is 0.0930. The Balaban J connectivity index is 1.81. The average Bonchev–Trinajstić information content (AvgIpc) is 3.32. The van der Waals surface area contributed by atoms with E-state index in [1.807, 2.05) is 39.8 Å². The second-order valence-corrected chi connectivity index (χ2v) is 10.1. The van der Waals surface area contributed by atoms with E-state index in [9.17, 15) is 28.6 Å². The molecule has 4 rings (SSSR count). The molecule has 0 atom stereocenters. The van der Waals surface area contributed by atoms with E-state index in [4.69, 9.17) is 4.18 Å². The fraction of sp³-hybridized carbons (Fsp3) is 0.160. The van der Waals surface area contributed by atoms with E-state index < -0.39 is 36.2 Å². The molecule has 1 aliphatic heterocycles. The van der Waals surface area contributed by atoms with Gasteiger partial charge >= 0.3 is 10.1 Å². The predicted octanol–water partition coefficient (Wildman–Crippen LogP) is 5.40. The smallest absolute Gasteiger partial charge is 0.346 e. The number of nitro benzene ring substituents is 2. The maximum atomic E-state index is 13.0. The van der Waals surface area contributed by atoms with E-state index in [1.54, 1.807) is 12.1 Å². The topological polar surface area (TPSA) is 158 Å². The molecule has 2 aromatic carbocycles. The zero-order valence-electron chi connectivity index (χ0n) is 20.3. The van der Waals surface area contributed by atoms with Crippen molar-refractivity contribution in [3.63, 3.8) is 0 Å². The molecule has 2 heterocycles. The van der Waals surface area contributed by atoms with Crippen molar-refractivity contribution in [3.8, 4) is 5.75 Å². The van der Waals surface area contributed by atoms with Gasteiger partial charge in [0.25, 0.3) is 11.4 Å². The summed E-state index contributed by atoms with van der Waals surface area (Å²) in [4.78, 5) is 27.8. The van der Waals surface area contributed by atoms with Crippen molar-refractivity contribution in [2.45, 2.75) is 32.6 Å². The largest absolute Gasteiger partial charge is 0.379 e. The van der Waals surface area contributed by atoms with Gasteiger partial charge < -0.3 is 9.17 Å². The number of aromatic nitrogens is 1. The molecule has 0 bridgehead atoms. The highest BCUT2D eigenvalue weighted by Gasteiger charge is 2.30. The Kier molecular flexibility index (Phi) is 6.53. The number of benzene rings is 2. The summed E-state index contributed by atoms with van der Waals surface area (Å²) < 4.78 is 31.3. The van der Waals surface area contributed by atoms with Crippen LogP contribution in [0.4, 0.5) is 11.4 Å². The Morgan fingerprint density at radius 1 is 0.973 bits per heavy atom. The molecule has 37 heavy (non-hydrogen) atoms. The van der Waals surface area contributed by atoms with Crippen molar-refractivity contribution in [1.82, 2.24) is 4.98 Å². The van der Waals surface area contributed by atoms with Crippen molar-refractivity contribution in [1.29, 1.82) is 0 Å². The first kappa shape index (κ1) is 25.5. The van der Waals surface area contributed by atoms with Gasteiger partial charge in [-0.25, -0.2) is 0 Å². The number of H-pyrrole nitrogens is 1. The maximum absolute atomic E-state index is 13.0. The summed E-state index contributed by atoms with van der Waals surface area (Å²) in [6.45, 7) is 7.68. The van der Waals surface area contributed by atoms with Gasteiger partial charge in [-0.3, -0.25) is 25.2 Å². The monoisotopic (exact) mass is 522 g/mol. The highest BCUT2D eigenvalue weighted by atomic mass is 32.2. The second kappa shape index (κ2) is 9.47. The molecule has 0 fully saturated rings. The second-order valence-electron chi connectivity index (χ2n) is 8.55. The van der Waals surface area contributed by atoms with E-state index in [-0.39, 0.29) is 5.75 Å². The van der Waals surface area contributed by atoms with Crippen LogP contribution in [0.2, 0.25) is 0 Å². The summed E-state index contributed by atoms with van der Waals surface area (Å²) in [6, 6.07) is 10.5. The van der Waals surface area contributed by atoms with Gasteiger partial charge in [0.2, 0.25) is 0 Å². The molecular formula is C25H22N4O7S. The number of aromatic amines is 1. The van der Waals surface area contributed by atoms with E-state index >= 15 is 0 Å². The highest BCUT2D eigenvalue weighted by molar-refractivity contribution is 7.87. The number of rotatable bonds is 7. The normalized spacial score (nSPS) is 14.7. The van der Waals surface area contributed by atoms with Crippen LogP contribution >= 0.6 is 0 Å². The van der Waals surface area contributed by atoms with Crippen LogP contribution < -0.4 is 4.18 Å². The molecule has 190 valence electrons. The standard InChI is InChI=1S/C25H22N4O7S/c1-14-10-16(3)26-24(14)23(25-15(2)11-17(4)27-25)18-6-5-7-20(12-18)36-37(34,35)22-9-8-19(28(30)31)13-21(22)29(32)33/h5-13,26H,1-4H3/b25-23-. The number of aliphatic imine (C=N–C) groups is 1. The molecule has 0 unspecified atom stereocenters. The Morgan fingerprint density at radius 2 is 1.70 bits per heavy atom. The Labute approximate surface area is 212 Å². The molecule has 0 aliphatic carbocycles. The number of aryl methyl sites for hydroxylation is 2. The van der Waals surface area contributed by atoms with Crippen LogP contribution in [-0.4, -0.2) is 29.0 Å². The third-order valence-electron chi connectivity index (χ3n) is 5.67. The summed E-state index contributed by atoms with van der Waals surface area (Å²) in [5.74, 6) is -0.0930. The molecule has 0 radical (unpaired) electrons. The number of non-ortho nitro benzene ring substituents is 1. The number of hydrogen-bond donors (Lipinski definition) is 1. The molecule has 0 spiro atoms. The highest BCUT2D eigenvalue weighted by Crippen LogP contribution is 2.37. The third kappa shape index (κ3) is 5.05. The number of nitro groups is 2. The van der Waals surface area contributed by atoms with Crippen molar-refractivity contribution >= 4 is 32.8 Å². The molecule has 0 saturated carbocycles. The summed E-state index contributed by atoms with van der Waals surface area (Å²) in [5, 5.41) is 22.5. The number of allylic oxidation sites excluding steroid dienone is 2. The van der Waals surface area contributed by atoms with Gasteiger partial charge in [0, 0.05) is 23.0 Å². The van der Waals surface area contributed by atoms with Crippen LogP contribution in [-0.2, 0) is 10.1 Å². The molecule has 1 aliphatic rings. The number of nitrogens with zero attached hydrogens (tertiary/aromatic N) is 3. The fourth-order valence-corrected chi connectivity index (χ4v) is 5.24. The van der Waals surface area contributed by atoms with E-state index in [1.165, 1.54) is 12.1 Å². The van der Waals surface area contributed by atoms with Gasteiger partial charge in [0.05, 0.1) is 27.3 Å². The van der Waals surface area contributed by atoms with Crippen LogP contribution in [0.5, 0.6) is 5.75 Å². The van der Waals surface area contributed by atoms with Crippen molar-refractivity contribution in [2.24, 2.45) is 4.99 Å². The van der Waals surface area contributed by atoms with Crippen LogP contribution in [0.1, 0.15) is 36.4 Å². The minimum Gasteiger partial charge on any atom is -0.379 e. The molecule has 0 saturated heterocycles.